The van der Waals surface area contributed by atoms with Crippen molar-refractivity contribution in [3.63, 3.8) is 0 Å². The molecule has 0 bridgehead atoms. The fraction of sp³-hybridized carbons (Fsp3) is 0.435. The molecular formula is C23H31ClN2O4S. The fourth-order valence-corrected chi connectivity index (χ4v) is 4.88. The average Bonchev–Trinajstić information content (AvgIpc) is 2.78. The van der Waals surface area contributed by atoms with Crippen LogP contribution >= 0.6 is 11.6 Å². The van der Waals surface area contributed by atoms with Crippen LogP contribution in [-0.2, 0) is 14.8 Å². The Hall–Kier alpha value is -2.25. The summed E-state index contributed by atoms with van der Waals surface area (Å²) in [5.74, 6) is 0.298. The van der Waals surface area contributed by atoms with Crippen LogP contribution in [0.1, 0.15) is 39.5 Å². The summed E-state index contributed by atoms with van der Waals surface area (Å²) in [6, 6.07) is 12.7. The summed E-state index contributed by atoms with van der Waals surface area (Å²) < 4.78 is 33.3. The van der Waals surface area contributed by atoms with E-state index in [9.17, 15) is 13.2 Å². The van der Waals surface area contributed by atoms with E-state index in [2.05, 4.69) is 19.2 Å². The number of carbonyl (C=O) groups is 1. The number of unbranched alkanes of at least 4 members (excludes halogenated alkanes) is 1. The topological polar surface area (TPSA) is 75.7 Å². The molecule has 2 rings (SSSR count). The maximum atomic E-state index is 13.4. The SMILES string of the molecule is CCCC[C@H](CC)CNC(=O)CN(c1cc(Cl)ccc1OC)S(=O)(=O)c1ccccc1. The molecule has 0 heterocycles. The van der Waals surface area contributed by atoms with Crippen LogP contribution in [0.2, 0.25) is 5.02 Å². The Morgan fingerprint density at radius 2 is 1.87 bits per heavy atom. The van der Waals surface area contributed by atoms with Gasteiger partial charge in [-0.25, -0.2) is 8.42 Å². The van der Waals surface area contributed by atoms with Crippen LogP contribution in [-0.4, -0.2) is 34.5 Å². The number of rotatable bonds is 12. The van der Waals surface area contributed by atoms with E-state index in [0.29, 0.717) is 23.2 Å². The van der Waals surface area contributed by atoms with Crippen LogP contribution in [0.25, 0.3) is 0 Å². The zero-order valence-electron chi connectivity index (χ0n) is 18.3. The van der Waals surface area contributed by atoms with E-state index in [0.717, 1.165) is 30.0 Å². The average molecular weight is 467 g/mol. The third-order valence-electron chi connectivity index (χ3n) is 5.16. The molecule has 0 aliphatic rings. The molecule has 8 heteroatoms. The highest BCUT2D eigenvalue weighted by Gasteiger charge is 2.29. The van der Waals surface area contributed by atoms with Gasteiger partial charge < -0.3 is 10.1 Å². The van der Waals surface area contributed by atoms with Crippen LogP contribution in [0.3, 0.4) is 0 Å². The van der Waals surface area contributed by atoms with Crippen LogP contribution < -0.4 is 14.4 Å². The van der Waals surface area contributed by atoms with Gasteiger partial charge in [0.25, 0.3) is 10.0 Å². The van der Waals surface area contributed by atoms with Crippen molar-refractivity contribution in [1.82, 2.24) is 5.32 Å². The Balaban J connectivity index is 2.33. The summed E-state index contributed by atoms with van der Waals surface area (Å²) in [6.45, 7) is 4.37. The lowest BCUT2D eigenvalue weighted by molar-refractivity contribution is -0.119. The molecule has 2 aromatic rings. The standard InChI is InChI=1S/C23H31ClN2O4S/c1-4-6-10-18(5-2)16-25-23(27)17-26(21-15-19(24)13-14-22(21)30-3)31(28,29)20-11-8-7-9-12-20/h7-9,11-15,18H,4-6,10,16-17H2,1-3H3,(H,25,27)/t18-/m0/s1. The van der Waals surface area contributed by atoms with Crippen molar-refractivity contribution < 1.29 is 17.9 Å². The highest BCUT2D eigenvalue weighted by Crippen LogP contribution is 2.34. The van der Waals surface area contributed by atoms with Crippen molar-refractivity contribution in [2.75, 3.05) is 24.5 Å². The van der Waals surface area contributed by atoms with E-state index < -0.39 is 10.0 Å². The maximum absolute atomic E-state index is 13.4. The number of sulfonamides is 1. The minimum absolute atomic E-state index is 0.0826. The van der Waals surface area contributed by atoms with E-state index in [1.165, 1.54) is 25.3 Å². The Bertz CT molecular complexity index is 951. The summed E-state index contributed by atoms with van der Waals surface area (Å²) in [6.07, 6.45) is 4.18. The zero-order chi connectivity index (χ0) is 22.9. The second-order valence-corrected chi connectivity index (χ2v) is 9.66. The van der Waals surface area contributed by atoms with Gasteiger partial charge in [-0.1, -0.05) is 62.9 Å². The molecule has 170 valence electrons. The Kier molecular flexibility index (Phi) is 9.65. The number of halogens is 1. The van der Waals surface area contributed by atoms with Gasteiger partial charge in [-0.2, -0.15) is 0 Å². The Labute approximate surface area is 190 Å². The van der Waals surface area contributed by atoms with Gasteiger partial charge in [0.05, 0.1) is 17.7 Å². The van der Waals surface area contributed by atoms with E-state index in [1.807, 2.05) is 0 Å². The van der Waals surface area contributed by atoms with Crippen molar-refractivity contribution >= 4 is 33.2 Å². The molecule has 0 aliphatic carbocycles. The van der Waals surface area contributed by atoms with Crippen molar-refractivity contribution in [3.05, 3.63) is 53.6 Å². The first-order valence-corrected chi connectivity index (χ1v) is 12.3. The highest BCUT2D eigenvalue weighted by atomic mass is 35.5. The zero-order valence-corrected chi connectivity index (χ0v) is 19.9. The van der Waals surface area contributed by atoms with Crippen molar-refractivity contribution in [2.24, 2.45) is 5.92 Å². The molecule has 0 radical (unpaired) electrons. The molecule has 0 unspecified atom stereocenters. The summed E-state index contributed by atoms with van der Waals surface area (Å²) in [4.78, 5) is 12.9. The molecule has 31 heavy (non-hydrogen) atoms. The number of nitrogens with zero attached hydrogens (tertiary/aromatic N) is 1. The van der Waals surface area contributed by atoms with Gasteiger partial charge in [-0.3, -0.25) is 9.10 Å². The molecule has 6 nitrogen and oxygen atoms in total. The van der Waals surface area contributed by atoms with Gasteiger partial charge in [-0.15, -0.1) is 0 Å². The molecule has 1 amide bonds. The van der Waals surface area contributed by atoms with E-state index in [1.54, 1.807) is 30.3 Å². The molecule has 2 aromatic carbocycles. The second-order valence-electron chi connectivity index (χ2n) is 7.36. The third-order valence-corrected chi connectivity index (χ3v) is 7.17. The smallest absolute Gasteiger partial charge is 0.264 e. The minimum Gasteiger partial charge on any atom is -0.495 e. The van der Waals surface area contributed by atoms with Gasteiger partial charge in [0, 0.05) is 11.6 Å². The number of nitrogens with one attached hydrogen (secondary N) is 1. The first kappa shape index (κ1) is 25.0. The summed E-state index contributed by atoms with van der Waals surface area (Å²) in [7, 11) is -2.58. The van der Waals surface area contributed by atoms with E-state index in [4.69, 9.17) is 16.3 Å². The molecule has 0 spiro atoms. The van der Waals surface area contributed by atoms with Crippen LogP contribution in [0, 0.1) is 5.92 Å². The lowest BCUT2D eigenvalue weighted by Crippen LogP contribution is -2.42. The molecule has 0 aliphatic heterocycles. The van der Waals surface area contributed by atoms with Gasteiger partial charge in [0.2, 0.25) is 5.91 Å². The fourth-order valence-electron chi connectivity index (χ4n) is 3.27. The Morgan fingerprint density at radius 3 is 2.48 bits per heavy atom. The van der Waals surface area contributed by atoms with E-state index >= 15 is 0 Å². The van der Waals surface area contributed by atoms with Crippen molar-refractivity contribution in [3.8, 4) is 5.75 Å². The number of methoxy groups -OCH3 is 1. The molecular weight excluding hydrogens is 436 g/mol. The molecule has 1 N–H and O–H groups in total. The third kappa shape index (κ3) is 6.87. The lowest BCUT2D eigenvalue weighted by atomic mass is 9.99. The number of amides is 1. The van der Waals surface area contributed by atoms with Crippen LogP contribution in [0.4, 0.5) is 5.69 Å². The monoisotopic (exact) mass is 466 g/mol. The molecule has 1 atom stereocenters. The number of hydrogen-bond acceptors (Lipinski definition) is 4. The number of hydrogen-bond donors (Lipinski definition) is 1. The normalized spacial score (nSPS) is 12.3. The Morgan fingerprint density at radius 1 is 1.16 bits per heavy atom. The van der Waals surface area contributed by atoms with Gasteiger partial charge in [0.15, 0.2) is 0 Å². The summed E-state index contributed by atoms with van der Waals surface area (Å²) >= 11 is 6.14. The predicted octanol–water partition coefficient (Wildman–Crippen LogP) is 4.88. The van der Waals surface area contributed by atoms with Crippen molar-refractivity contribution in [2.45, 2.75) is 44.4 Å². The quantitative estimate of drug-likeness (QED) is 0.483. The lowest BCUT2D eigenvalue weighted by Gasteiger charge is -2.26. The maximum Gasteiger partial charge on any atom is 0.264 e. The number of benzene rings is 2. The number of anilines is 1. The summed E-state index contributed by atoms with van der Waals surface area (Å²) in [5.41, 5.74) is 0.215. The van der Waals surface area contributed by atoms with E-state index in [-0.39, 0.29) is 23.0 Å². The van der Waals surface area contributed by atoms with Gasteiger partial charge in [-0.05, 0) is 42.7 Å². The van der Waals surface area contributed by atoms with Crippen molar-refractivity contribution in [1.29, 1.82) is 0 Å². The molecule has 0 saturated carbocycles. The first-order chi connectivity index (χ1) is 14.8. The highest BCUT2D eigenvalue weighted by molar-refractivity contribution is 7.92. The molecule has 0 fully saturated rings. The molecule has 0 saturated heterocycles. The minimum atomic E-state index is -4.02. The summed E-state index contributed by atoms with van der Waals surface area (Å²) in [5, 5.41) is 3.24. The first-order valence-electron chi connectivity index (χ1n) is 10.5. The predicted molar refractivity (Wildman–Crippen MR) is 125 cm³/mol. The van der Waals surface area contributed by atoms with Gasteiger partial charge in [0.1, 0.15) is 12.3 Å². The van der Waals surface area contributed by atoms with Crippen LogP contribution in [0.5, 0.6) is 5.75 Å². The van der Waals surface area contributed by atoms with Crippen LogP contribution in [0.15, 0.2) is 53.4 Å². The largest absolute Gasteiger partial charge is 0.495 e. The number of carbonyl (C=O) groups excluding carboxylic acids is 1. The second kappa shape index (κ2) is 12.0. The van der Waals surface area contributed by atoms with Gasteiger partial charge >= 0.3 is 0 Å². The molecule has 0 aromatic heterocycles. The number of ether oxygens (including phenoxy) is 1.